The lowest BCUT2D eigenvalue weighted by atomic mass is 10.0. The quantitative estimate of drug-likeness (QED) is 0.527. The van der Waals surface area contributed by atoms with Gasteiger partial charge in [0.15, 0.2) is 6.54 Å². The summed E-state index contributed by atoms with van der Waals surface area (Å²) < 4.78 is 41.6. The van der Waals surface area contributed by atoms with Crippen LogP contribution in [-0.4, -0.2) is 10.4 Å². The van der Waals surface area contributed by atoms with Gasteiger partial charge in [-0.1, -0.05) is 18.2 Å². The number of aryl methyl sites for hydroxylation is 1. The van der Waals surface area contributed by atoms with Gasteiger partial charge in [0, 0.05) is 5.56 Å². The molecule has 2 rings (SSSR count). The number of alkyl halides is 3. The minimum absolute atomic E-state index is 0. The first-order valence-electron chi connectivity index (χ1n) is 5.58. The molecule has 0 aliphatic heterocycles. The molecule has 20 heavy (non-hydrogen) atoms. The molecular formula is C13H12BrF3N2O. The van der Waals surface area contributed by atoms with E-state index < -0.39 is 17.5 Å². The van der Waals surface area contributed by atoms with Crippen LogP contribution in [0.1, 0.15) is 15.9 Å². The molecule has 1 aromatic carbocycles. The molecule has 0 aliphatic rings. The van der Waals surface area contributed by atoms with Gasteiger partial charge in [-0.2, -0.15) is 13.2 Å². The molecule has 7 heteroatoms. The van der Waals surface area contributed by atoms with Gasteiger partial charge < -0.3 is 17.0 Å². The van der Waals surface area contributed by atoms with Gasteiger partial charge in [-0.15, -0.1) is 0 Å². The number of hydrogen-bond acceptors (Lipinski definition) is 1. The molecule has 0 radical (unpaired) electrons. The van der Waals surface area contributed by atoms with Crippen molar-refractivity contribution >= 4 is 5.78 Å². The number of aromatic nitrogens is 2. The van der Waals surface area contributed by atoms with Gasteiger partial charge >= 0.3 is 6.18 Å². The van der Waals surface area contributed by atoms with Crippen molar-refractivity contribution in [2.75, 3.05) is 0 Å². The Hall–Kier alpha value is -1.63. The van der Waals surface area contributed by atoms with Crippen molar-refractivity contribution in [3.63, 3.8) is 0 Å². The fourth-order valence-corrected chi connectivity index (χ4v) is 1.82. The van der Waals surface area contributed by atoms with Crippen molar-refractivity contribution in [2.45, 2.75) is 12.7 Å². The maximum absolute atomic E-state index is 12.8. The smallest absolute Gasteiger partial charge is 0.417 e. The number of Topliss-reactive ketones (excluding diaryl/α,β-unsaturated/α-hetero) is 1. The number of halogens is 4. The summed E-state index contributed by atoms with van der Waals surface area (Å²) in [5.41, 5.74) is -1.19. The molecule has 0 spiro atoms. The van der Waals surface area contributed by atoms with Gasteiger partial charge in [0.05, 0.1) is 12.6 Å². The summed E-state index contributed by atoms with van der Waals surface area (Å²) in [6.45, 7) is -0.117. The third-order valence-electron chi connectivity index (χ3n) is 2.68. The topological polar surface area (TPSA) is 25.9 Å². The highest BCUT2D eigenvalue weighted by Gasteiger charge is 2.35. The van der Waals surface area contributed by atoms with E-state index in [4.69, 9.17) is 0 Å². The van der Waals surface area contributed by atoms with E-state index >= 15 is 0 Å². The summed E-state index contributed by atoms with van der Waals surface area (Å²) in [5.74, 6) is -0.566. The Morgan fingerprint density at radius 2 is 1.95 bits per heavy atom. The molecule has 108 valence electrons. The standard InChI is InChI=1S/C13H12F3N2O.BrH/c1-17-6-7-18(9-17)8-12(19)10-4-2-3-5-11(10)13(14,15)16;/h2-7,9H,8H2,1H3;1H/q+1;/p-1. The molecule has 1 aromatic heterocycles. The molecule has 0 saturated heterocycles. The van der Waals surface area contributed by atoms with Gasteiger partial charge in [0.25, 0.3) is 0 Å². The first kappa shape index (κ1) is 16.4. The van der Waals surface area contributed by atoms with Crippen LogP contribution in [0.5, 0.6) is 0 Å². The van der Waals surface area contributed by atoms with E-state index in [-0.39, 0.29) is 29.1 Å². The third kappa shape index (κ3) is 3.69. The zero-order valence-electron chi connectivity index (χ0n) is 10.6. The largest absolute Gasteiger partial charge is 1.00 e. The van der Waals surface area contributed by atoms with E-state index in [1.54, 1.807) is 30.3 Å². The molecule has 0 bridgehead atoms. The van der Waals surface area contributed by atoms with Gasteiger partial charge in [-0.05, 0) is 6.07 Å². The van der Waals surface area contributed by atoms with Crippen LogP contribution >= 0.6 is 0 Å². The lowest BCUT2D eigenvalue weighted by molar-refractivity contribution is -0.671. The van der Waals surface area contributed by atoms with Gasteiger partial charge in [-0.3, -0.25) is 4.79 Å². The molecule has 0 aliphatic carbocycles. The van der Waals surface area contributed by atoms with Crippen LogP contribution in [0.4, 0.5) is 13.2 Å². The second-order valence-corrected chi connectivity index (χ2v) is 4.22. The van der Waals surface area contributed by atoms with E-state index in [1.807, 2.05) is 0 Å². The van der Waals surface area contributed by atoms with E-state index in [0.717, 1.165) is 6.07 Å². The Bertz CT molecular complexity index is 608. The van der Waals surface area contributed by atoms with Crippen LogP contribution in [0.15, 0.2) is 43.0 Å². The van der Waals surface area contributed by atoms with Crippen LogP contribution in [-0.2, 0) is 19.8 Å². The predicted molar refractivity (Wildman–Crippen MR) is 61.4 cm³/mol. The summed E-state index contributed by atoms with van der Waals surface area (Å²) in [7, 11) is 1.77. The second-order valence-electron chi connectivity index (χ2n) is 4.22. The Balaban J connectivity index is 0.00000200. The highest BCUT2D eigenvalue weighted by Crippen LogP contribution is 2.32. The molecular weight excluding hydrogens is 337 g/mol. The molecule has 0 N–H and O–H groups in total. The van der Waals surface area contributed by atoms with E-state index in [9.17, 15) is 18.0 Å². The zero-order valence-corrected chi connectivity index (χ0v) is 12.1. The Kier molecular flexibility index (Phi) is 5.10. The zero-order chi connectivity index (χ0) is 14.0. The average molecular weight is 349 g/mol. The fraction of sp³-hybridized carbons (Fsp3) is 0.231. The summed E-state index contributed by atoms with van der Waals surface area (Å²) in [5, 5.41) is 0. The van der Waals surface area contributed by atoms with Crippen LogP contribution in [0, 0.1) is 0 Å². The van der Waals surface area contributed by atoms with Gasteiger partial charge in [0.1, 0.15) is 12.4 Å². The number of ketones is 1. The van der Waals surface area contributed by atoms with Crippen molar-refractivity contribution in [1.82, 2.24) is 4.57 Å². The van der Waals surface area contributed by atoms with Crippen LogP contribution in [0.3, 0.4) is 0 Å². The van der Waals surface area contributed by atoms with Crippen molar-refractivity contribution in [3.05, 3.63) is 54.1 Å². The summed E-state index contributed by atoms with van der Waals surface area (Å²) in [6.07, 6.45) is 0.457. The number of rotatable bonds is 3. The Morgan fingerprint density at radius 3 is 2.50 bits per heavy atom. The summed E-state index contributed by atoms with van der Waals surface area (Å²) in [4.78, 5) is 12.0. The van der Waals surface area contributed by atoms with Crippen molar-refractivity contribution in [3.8, 4) is 0 Å². The van der Waals surface area contributed by atoms with Crippen LogP contribution < -0.4 is 21.5 Å². The fourth-order valence-electron chi connectivity index (χ4n) is 1.82. The lowest BCUT2D eigenvalue weighted by Crippen LogP contribution is -3.00. The Morgan fingerprint density at radius 1 is 1.30 bits per heavy atom. The normalized spacial score (nSPS) is 11.0. The first-order valence-corrected chi connectivity index (χ1v) is 5.58. The van der Waals surface area contributed by atoms with E-state index in [1.165, 1.54) is 22.8 Å². The third-order valence-corrected chi connectivity index (χ3v) is 2.68. The summed E-state index contributed by atoms with van der Waals surface area (Å²) in [6, 6.07) is 4.82. The molecule has 0 fully saturated rings. The highest BCUT2D eigenvalue weighted by atomic mass is 79.9. The molecule has 0 atom stereocenters. The minimum atomic E-state index is -4.52. The van der Waals surface area contributed by atoms with Gasteiger partial charge in [0.2, 0.25) is 12.1 Å². The molecule has 2 aromatic rings. The number of hydrogen-bond donors (Lipinski definition) is 0. The molecule has 0 unspecified atom stereocenters. The van der Waals surface area contributed by atoms with Crippen molar-refractivity contribution in [2.24, 2.45) is 7.05 Å². The second kappa shape index (κ2) is 6.21. The Labute approximate surface area is 124 Å². The first-order chi connectivity index (χ1) is 8.88. The molecule has 0 saturated carbocycles. The number of benzene rings is 1. The minimum Gasteiger partial charge on any atom is -1.00 e. The predicted octanol–water partition coefficient (Wildman–Crippen LogP) is -0.782. The number of nitrogens with zero attached hydrogens (tertiary/aromatic N) is 2. The average Bonchev–Trinajstić information content (AvgIpc) is 2.73. The molecule has 3 nitrogen and oxygen atoms in total. The lowest BCUT2D eigenvalue weighted by Gasteiger charge is -2.10. The summed E-state index contributed by atoms with van der Waals surface area (Å²) >= 11 is 0. The van der Waals surface area contributed by atoms with Crippen molar-refractivity contribution in [1.29, 1.82) is 0 Å². The SMILES string of the molecule is C[n+]1ccn(CC(=O)c2ccccc2C(F)(F)F)c1.[Br-]. The van der Waals surface area contributed by atoms with Crippen molar-refractivity contribution < 1.29 is 39.5 Å². The number of carbonyl (C=O) groups excluding carboxylic acids is 1. The van der Waals surface area contributed by atoms with Crippen LogP contribution in [0.25, 0.3) is 0 Å². The maximum Gasteiger partial charge on any atom is 0.417 e. The van der Waals surface area contributed by atoms with E-state index in [2.05, 4.69) is 0 Å². The maximum atomic E-state index is 12.8. The molecule has 0 amide bonds. The number of imidazole rings is 1. The number of carbonyl (C=O) groups is 1. The molecule has 1 heterocycles. The van der Waals surface area contributed by atoms with Gasteiger partial charge in [-0.25, -0.2) is 9.13 Å². The highest BCUT2D eigenvalue weighted by molar-refractivity contribution is 5.97. The monoisotopic (exact) mass is 348 g/mol. The van der Waals surface area contributed by atoms with Crippen LogP contribution in [0.2, 0.25) is 0 Å². The van der Waals surface area contributed by atoms with E-state index in [0.29, 0.717) is 0 Å².